The number of piperidine rings is 1. The van der Waals surface area contributed by atoms with Crippen molar-refractivity contribution in [2.75, 3.05) is 25.0 Å². The summed E-state index contributed by atoms with van der Waals surface area (Å²) in [6, 6.07) is 5.31. The number of sulfonamides is 1. The zero-order chi connectivity index (χ0) is 14.9. The van der Waals surface area contributed by atoms with Crippen molar-refractivity contribution < 1.29 is 8.42 Å². The third-order valence-corrected chi connectivity index (χ3v) is 5.21. The second-order valence-corrected chi connectivity index (χ2v) is 7.19. The summed E-state index contributed by atoms with van der Waals surface area (Å²) in [5, 5.41) is 9.51. The SMILES string of the molecule is Cc1ccc2c(c1)S(=O)(=O)N=C(NCC1CCNCC1)N2.Cl. The third kappa shape index (κ3) is 3.71. The predicted octanol–water partition coefficient (Wildman–Crippen LogP) is 1.48. The van der Waals surface area contributed by atoms with E-state index in [9.17, 15) is 8.42 Å². The van der Waals surface area contributed by atoms with E-state index in [-0.39, 0.29) is 17.3 Å². The molecule has 22 heavy (non-hydrogen) atoms. The van der Waals surface area contributed by atoms with Gasteiger partial charge in [0.25, 0.3) is 10.0 Å². The highest BCUT2D eigenvalue weighted by Gasteiger charge is 2.25. The minimum Gasteiger partial charge on any atom is -0.355 e. The van der Waals surface area contributed by atoms with Gasteiger partial charge in [0.15, 0.2) is 0 Å². The van der Waals surface area contributed by atoms with Gasteiger partial charge in [0.1, 0.15) is 4.90 Å². The molecular weight excluding hydrogens is 324 g/mol. The van der Waals surface area contributed by atoms with Gasteiger partial charge in [-0.25, -0.2) is 0 Å². The lowest BCUT2D eigenvalue weighted by Gasteiger charge is -2.25. The number of guanidine groups is 1. The van der Waals surface area contributed by atoms with Gasteiger partial charge in [-0.05, 0) is 56.5 Å². The molecule has 2 aliphatic heterocycles. The standard InChI is InChI=1S/C14H20N4O2S.ClH/c1-10-2-3-12-13(8-10)21(19,20)18-14(17-12)16-9-11-4-6-15-7-5-11;/h2-3,8,11,15H,4-7,9H2,1H3,(H2,16,17,18);1H. The van der Waals surface area contributed by atoms with Crippen LogP contribution >= 0.6 is 12.4 Å². The van der Waals surface area contributed by atoms with Crippen molar-refractivity contribution in [1.29, 1.82) is 0 Å². The van der Waals surface area contributed by atoms with E-state index >= 15 is 0 Å². The number of benzene rings is 1. The van der Waals surface area contributed by atoms with Crippen molar-refractivity contribution in [3.63, 3.8) is 0 Å². The molecule has 0 aromatic heterocycles. The summed E-state index contributed by atoms with van der Waals surface area (Å²) >= 11 is 0. The van der Waals surface area contributed by atoms with Crippen molar-refractivity contribution in [3.05, 3.63) is 23.8 Å². The zero-order valence-electron chi connectivity index (χ0n) is 12.4. The molecule has 6 nitrogen and oxygen atoms in total. The Labute approximate surface area is 137 Å². The lowest BCUT2D eigenvalue weighted by Crippen LogP contribution is -2.40. The summed E-state index contributed by atoms with van der Waals surface area (Å²) in [6.45, 7) is 4.65. The summed E-state index contributed by atoms with van der Waals surface area (Å²) in [5.41, 5.74) is 1.49. The maximum atomic E-state index is 12.2. The van der Waals surface area contributed by atoms with Crippen LogP contribution in [-0.2, 0) is 10.0 Å². The van der Waals surface area contributed by atoms with Crippen LogP contribution in [0.1, 0.15) is 18.4 Å². The molecular formula is C14H21ClN4O2S. The van der Waals surface area contributed by atoms with Gasteiger partial charge in [-0.15, -0.1) is 16.8 Å². The van der Waals surface area contributed by atoms with Crippen LogP contribution in [-0.4, -0.2) is 34.0 Å². The topological polar surface area (TPSA) is 82.6 Å². The average molecular weight is 345 g/mol. The number of hydrogen-bond acceptors (Lipinski definition) is 5. The van der Waals surface area contributed by atoms with Gasteiger partial charge in [-0.3, -0.25) is 0 Å². The van der Waals surface area contributed by atoms with Crippen molar-refractivity contribution in [2.45, 2.75) is 24.7 Å². The molecule has 0 bridgehead atoms. The first-order chi connectivity index (χ1) is 10.0. The van der Waals surface area contributed by atoms with E-state index in [2.05, 4.69) is 20.3 Å². The summed E-state index contributed by atoms with van der Waals surface area (Å²) in [7, 11) is -3.62. The molecule has 0 amide bonds. The quantitative estimate of drug-likeness (QED) is 0.757. The molecule has 1 aromatic rings. The summed E-state index contributed by atoms with van der Waals surface area (Å²) in [4.78, 5) is 0.245. The van der Waals surface area contributed by atoms with Crippen molar-refractivity contribution in [1.82, 2.24) is 10.6 Å². The number of aryl methyl sites for hydroxylation is 1. The Kier molecular flexibility index (Phi) is 5.31. The molecule has 2 aliphatic rings. The molecule has 0 saturated carbocycles. The summed E-state index contributed by atoms with van der Waals surface area (Å²) in [5.74, 6) is 0.878. The lowest BCUT2D eigenvalue weighted by atomic mass is 9.98. The highest BCUT2D eigenvalue weighted by Crippen LogP contribution is 2.27. The second-order valence-electron chi connectivity index (χ2n) is 5.61. The van der Waals surface area contributed by atoms with E-state index in [4.69, 9.17) is 0 Å². The maximum absolute atomic E-state index is 12.2. The monoisotopic (exact) mass is 344 g/mol. The molecule has 1 aromatic carbocycles. The highest BCUT2D eigenvalue weighted by molar-refractivity contribution is 7.90. The van der Waals surface area contributed by atoms with Gasteiger partial charge in [-0.1, -0.05) is 6.07 Å². The third-order valence-electron chi connectivity index (χ3n) is 3.90. The largest absolute Gasteiger partial charge is 0.355 e. The van der Waals surface area contributed by atoms with Crippen LogP contribution in [0.2, 0.25) is 0 Å². The maximum Gasteiger partial charge on any atom is 0.287 e. The van der Waals surface area contributed by atoms with Gasteiger partial charge in [0, 0.05) is 6.54 Å². The molecule has 1 saturated heterocycles. The highest BCUT2D eigenvalue weighted by atomic mass is 35.5. The second kappa shape index (κ2) is 6.85. The molecule has 0 unspecified atom stereocenters. The number of fused-ring (bicyclic) bond motifs is 1. The Morgan fingerprint density at radius 3 is 2.77 bits per heavy atom. The average Bonchev–Trinajstić information content (AvgIpc) is 2.47. The van der Waals surface area contributed by atoms with E-state index in [0.717, 1.165) is 38.0 Å². The molecule has 3 rings (SSSR count). The van der Waals surface area contributed by atoms with Crippen LogP contribution in [0.15, 0.2) is 27.5 Å². The first-order valence-electron chi connectivity index (χ1n) is 7.22. The van der Waals surface area contributed by atoms with E-state index in [1.165, 1.54) is 0 Å². The lowest BCUT2D eigenvalue weighted by molar-refractivity contribution is 0.372. The molecule has 0 spiro atoms. The molecule has 8 heteroatoms. The van der Waals surface area contributed by atoms with Crippen LogP contribution in [0, 0.1) is 12.8 Å². The minimum atomic E-state index is -3.62. The Hall–Kier alpha value is -1.31. The molecule has 122 valence electrons. The number of nitrogens with one attached hydrogen (secondary N) is 3. The fourth-order valence-electron chi connectivity index (χ4n) is 2.67. The Morgan fingerprint density at radius 2 is 2.05 bits per heavy atom. The smallest absolute Gasteiger partial charge is 0.287 e. The van der Waals surface area contributed by atoms with Crippen LogP contribution in [0.3, 0.4) is 0 Å². The van der Waals surface area contributed by atoms with E-state index in [0.29, 0.717) is 17.6 Å². The van der Waals surface area contributed by atoms with E-state index < -0.39 is 10.0 Å². The number of hydrogen-bond donors (Lipinski definition) is 3. The summed E-state index contributed by atoms with van der Waals surface area (Å²) < 4.78 is 28.3. The van der Waals surface area contributed by atoms with Crippen LogP contribution in [0.25, 0.3) is 0 Å². The summed E-state index contributed by atoms with van der Waals surface area (Å²) in [6.07, 6.45) is 2.20. The predicted molar refractivity (Wildman–Crippen MR) is 90.3 cm³/mol. The Bertz CT molecular complexity index is 669. The molecule has 0 atom stereocenters. The van der Waals surface area contributed by atoms with E-state index in [1.54, 1.807) is 12.1 Å². The minimum absolute atomic E-state index is 0. The fourth-order valence-corrected chi connectivity index (χ4v) is 3.85. The molecule has 3 N–H and O–H groups in total. The van der Waals surface area contributed by atoms with Gasteiger partial charge in [-0.2, -0.15) is 8.42 Å². The number of anilines is 1. The first kappa shape index (κ1) is 17.1. The van der Waals surface area contributed by atoms with Crippen molar-refractivity contribution >= 4 is 34.1 Å². The normalized spacial score (nSPS) is 20.1. The van der Waals surface area contributed by atoms with Gasteiger partial charge in [0.2, 0.25) is 5.96 Å². The number of nitrogens with zero attached hydrogens (tertiary/aromatic N) is 1. The van der Waals surface area contributed by atoms with Gasteiger partial charge >= 0.3 is 0 Å². The Balaban J connectivity index is 0.00000176. The first-order valence-corrected chi connectivity index (χ1v) is 8.66. The zero-order valence-corrected chi connectivity index (χ0v) is 14.1. The molecule has 2 heterocycles. The molecule has 1 fully saturated rings. The number of rotatable bonds is 2. The van der Waals surface area contributed by atoms with Gasteiger partial charge < -0.3 is 16.0 Å². The Morgan fingerprint density at radius 1 is 1.32 bits per heavy atom. The molecule has 0 aliphatic carbocycles. The van der Waals surface area contributed by atoms with Crippen LogP contribution in [0.4, 0.5) is 5.69 Å². The van der Waals surface area contributed by atoms with Gasteiger partial charge in [0.05, 0.1) is 5.69 Å². The molecule has 0 radical (unpaired) electrons. The van der Waals surface area contributed by atoms with E-state index in [1.807, 2.05) is 13.0 Å². The van der Waals surface area contributed by atoms with Crippen molar-refractivity contribution in [3.8, 4) is 0 Å². The van der Waals surface area contributed by atoms with Crippen molar-refractivity contribution in [2.24, 2.45) is 10.3 Å². The van der Waals surface area contributed by atoms with Crippen LogP contribution in [0.5, 0.6) is 0 Å². The van der Waals surface area contributed by atoms with Crippen LogP contribution < -0.4 is 16.0 Å². The fraction of sp³-hybridized carbons (Fsp3) is 0.500. The number of halogens is 1.